The molecule has 0 bridgehead atoms. The third kappa shape index (κ3) is 5.42. The summed E-state index contributed by atoms with van der Waals surface area (Å²) in [6.07, 6.45) is 0.659. The molecule has 1 saturated heterocycles. The van der Waals surface area contributed by atoms with Gasteiger partial charge < -0.3 is 10.2 Å². The van der Waals surface area contributed by atoms with Crippen LogP contribution < -0.4 is 5.32 Å². The molecule has 0 aliphatic carbocycles. The number of amides is 2. The van der Waals surface area contributed by atoms with Crippen molar-refractivity contribution in [3.05, 3.63) is 65.7 Å². The van der Waals surface area contributed by atoms with E-state index in [4.69, 9.17) is 0 Å². The average Bonchev–Trinajstić information content (AvgIpc) is 3.01. The molecule has 1 fully saturated rings. The number of nitrogens with one attached hydrogen (secondary N) is 1. The van der Waals surface area contributed by atoms with Gasteiger partial charge in [0.1, 0.15) is 0 Å². The second-order valence-electron chi connectivity index (χ2n) is 7.12. The van der Waals surface area contributed by atoms with Crippen LogP contribution in [0.5, 0.6) is 0 Å². The first-order valence-electron chi connectivity index (χ1n) is 9.23. The molecule has 0 spiro atoms. The van der Waals surface area contributed by atoms with Crippen LogP contribution in [0.3, 0.4) is 0 Å². The van der Waals surface area contributed by atoms with Gasteiger partial charge in [-0.1, -0.05) is 42.5 Å². The molecule has 0 unspecified atom stereocenters. The molecular weight excluding hydrogens is 376 g/mol. The van der Waals surface area contributed by atoms with Crippen LogP contribution in [-0.2, 0) is 32.4 Å². The van der Waals surface area contributed by atoms with E-state index >= 15 is 0 Å². The Morgan fingerprint density at radius 3 is 2.29 bits per heavy atom. The highest BCUT2D eigenvalue weighted by Crippen LogP contribution is 2.22. The zero-order chi connectivity index (χ0) is 20.1. The minimum Gasteiger partial charge on any atom is -0.334 e. The molecule has 3 rings (SSSR count). The molecule has 1 aliphatic rings. The van der Waals surface area contributed by atoms with Gasteiger partial charge in [0, 0.05) is 25.2 Å². The van der Waals surface area contributed by atoms with Crippen LogP contribution in [0.1, 0.15) is 24.5 Å². The lowest BCUT2D eigenvalue weighted by molar-refractivity contribution is -0.133. The lowest BCUT2D eigenvalue weighted by atomic mass is 10.1. The number of rotatable bonds is 6. The smallest absolute Gasteiger partial charge is 0.227 e. The molecule has 1 aliphatic heterocycles. The summed E-state index contributed by atoms with van der Waals surface area (Å²) in [6, 6.07) is 16.4. The van der Waals surface area contributed by atoms with E-state index in [1.165, 1.54) is 6.92 Å². The monoisotopic (exact) mass is 400 g/mol. The Morgan fingerprint density at radius 2 is 1.71 bits per heavy atom. The maximum Gasteiger partial charge on any atom is 0.227 e. The van der Waals surface area contributed by atoms with Crippen molar-refractivity contribution in [2.24, 2.45) is 0 Å². The van der Waals surface area contributed by atoms with Gasteiger partial charge in [-0.3, -0.25) is 9.59 Å². The Labute approximate surface area is 165 Å². The molecule has 1 atom stereocenters. The Bertz CT molecular complexity index is 940. The molecule has 6 nitrogen and oxygen atoms in total. The lowest BCUT2D eigenvalue weighted by Gasteiger charge is -2.28. The van der Waals surface area contributed by atoms with Crippen molar-refractivity contribution < 1.29 is 18.0 Å². The molecule has 2 aromatic carbocycles. The molecule has 0 saturated carbocycles. The molecule has 1 N–H and O–H groups in total. The first-order valence-corrected chi connectivity index (χ1v) is 11.0. The first kappa shape index (κ1) is 20.1. The van der Waals surface area contributed by atoms with Gasteiger partial charge in [0.05, 0.1) is 17.9 Å². The van der Waals surface area contributed by atoms with E-state index in [1.54, 1.807) is 29.2 Å². The Morgan fingerprint density at radius 1 is 1.04 bits per heavy atom. The van der Waals surface area contributed by atoms with Gasteiger partial charge in [0.2, 0.25) is 11.8 Å². The van der Waals surface area contributed by atoms with Crippen LogP contribution in [0.4, 0.5) is 5.69 Å². The summed E-state index contributed by atoms with van der Waals surface area (Å²) in [7, 11) is -3.09. The Kier molecular flexibility index (Phi) is 6.14. The van der Waals surface area contributed by atoms with Crippen LogP contribution in [0.2, 0.25) is 0 Å². The Hall–Kier alpha value is -2.67. The van der Waals surface area contributed by atoms with Gasteiger partial charge in [0.25, 0.3) is 0 Å². The standard InChI is InChI=1S/C21H24N2O4S/c1-16(24)22-19-9-7-17(8-10-19)13-21(25)23(14-18-5-3-2-4-6-18)20-11-12-28(26,27)15-20/h2-10,20H,11-15H2,1H3,(H,22,24)/t20-/m1/s1. The molecule has 28 heavy (non-hydrogen) atoms. The molecule has 148 valence electrons. The summed E-state index contributed by atoms with van der Waals surface area (Å²) < 4.78 is 23.9. The van der Waals surface area contributed by atoms with Gasteiger partial charge in [-0.05, 0) is 29.7 Å². The highest BCUT2D eigenvalue weighted by Gasteiger charge is 2.34. The van der Waals surface area contributed by atoms with Gasteiger partial charge >= 0.3 is 0 Å². The van der Waals surface area contributed by atoms with Crippen molar-refractivity contribution in [2.75, 3.05) is 16.8 Å². The van der Waals surface area contributed by atoms with Gasteiger partial charge in [-0.2, -0.15) is 0 Å². The molecule has 0 aromatic heterocycles. The van der Waals surface area contributed by atoms with Gasteiger partial charge in [0.15, 0.2) is 9.84 Å². The zero-order valence-electron chi connectivity index (χ0n) is 15.8. The van der Waals surface area contributed by atoms with E-state index in [9.17, 15) is 18.0 Å². The first-order chi connectivity index (χ1) is 13.3. The van der Waals surface area contributed by atoms with Crippen molar-refractivity contribution >= 4 is 27.3 Å². The number of anilines is 1. The summed E-state index contributed by atoms with van der Waals surface area (Å²) in [5.74, 6) is -0.104. The number of hydrogen-bond acceptors (Lipinski definition) is 4. The van der Waals surface area contributed by atoms with Crippen molar-refractivity contribution in [3.63, 3.8) is 0 Å². The topological polar surface area (TPSA) is 83.6 Å². The predicted octanol–water partition coefficient (Wildman–Crippen LogP) is 2.40. The molecule has 2 aromatic rings. The van der Waals surface area contributed by atoms with Crippen molar-refractivity contribution in [1.82, 2.24) is 4.90 Å². The largest absolute Gasteiger partial charge is 0.334 e. The summed E-state index contributed by atoms with van der Waals surface area (Å²) in [5, 5.41) is 2.69. The van der Waals surface area contributed by atoms with Crippen molar-refractivity contribution in [2.45, 2.75) is 32.4 Å². The van der Waals surface area contributed by atoms with Crippen LogP contribution in [0.25, 0.3) is 0 Å². The second kappa shape index (κ2) is 8.56. The fraction of sp³-hybridized carbons (Fsp3) is 0.333. The summed E-state index contributed by atoms with van der Waals surface area (Å²) in [6.45, 7) is 1.83. The average molecular weight is 401 g/mol. The summed E-state index contributed by atoms with van der Waals surface area (Å²) in [5.41, 5.74) is 2.46. The highest BCUT2D eigenvalue weighted by molar-refractivity contribution is 7.91. The predicted molar refractivity (Wildman–Crippen MR) is 109 cm³/mol. The fourth-order valence-electron chi connectivity index (χ4n) is 3.41. The van der Waals surface area contributed by atoms with Crippen molar-refractivity contribution in [1.29, 1.82) is 0 Å². The van der Waals surface area contributed by atoms with E-state index in [1.807, 2.05) is 30.3 Å². The maximum atomic E-state index is 13.0. The van der Waals surface area contributed by atoms with E-state index in [0.29, 0.717) is 18.7 Å². The lowest BCUT2D eigenvalue weighted by Crippen LogP contribution is -2.41. The van der Waals surface area contributed by atoms with E-state index < -0.39 is 9.84 Å². The summed E-state index contributed by atoms with van der Waals surface area (Å²) in [4.78, 5) is 25.9. The molecular formula is C21H24N2O4S. The minimum absolute atomic E-state index is 0.0209. The third-order valence-corrected chi connectivity index (χ3v) is 6.55. The summed E-state index contributed by atoms with van der Waals surface area (Å²) >= 11 is 0. The Balaban J connectivity index is 1.75. The SMILES string of the molecule is CC(=O)Nc1ccc(CC(=O)N(Cc2ccccc2)[C@@H]2CCS(=O)(=O)C2)cc1. The van der Waals surface area contributed by atoms with Crippen LogP contribution in [0.15, 0.2) is 54.6 Å². The normalized spacial score (nSPS) is 17.8. The fourth-order valence-corrected chi connectivity index (χ4v) is 5.14. The van der Waals surface area contributed by atoms with E-state index in [2.05, 4.69) is 5.32 Å². The van der Waals surface area contributed by atoms with Gasteiger partial charge in [-0.25, -0.2) is 8.42 Å². The number of sulfone groups is 1. The quantitative estimate of drug-likeness (QED) is 0.807. The molecule has 7 heteroatoms. The minimum atomic E-state index is -3.09. The third-order valence-electron chi connectivity index (χ3n) is 4.79. The van der Waals surface area contributed by atoms with Crippen LogP contribution in [0, 0.1) is 0 Å². The van der Waals surface area contributed by atoms with Crippen LogP contribution >= 0.6 is 0 Å². The number of benzene rings is 2. The van der Waals surface area contributed by atoms with Gasteiger partial charge in [-0.15, -0.1) is 0 Å². The number of carbonyl (C=O) groups is 2. The molecule has 2 amide bonds. The zero-order valence-corrected chi connectivity index (χ0v) is 16.6. The van der Waals surface area contributed by atoms with Crippen molar-refractivity contribution in [3.8, 4) is 0 Å². The number of hydrogen-bond donors (Lipinski definition) is 1. The maximum absolute atomic E-state index is 13.0. The van der Waals surface area contributed by atoms with E-state index in [0.717, 1.165) is 11.1 Å². The number of nitrogens with zero attached hydrogens (tertiary/aromatic N) is 1. The molecule has 1 heterocycles. The number of carbonyl (C=O) groups excluding carboxylic acids is 2. The second-order valence-corrected chi connectivity index (χ2v) is 9.35. The molecule has 0 radical (unpaired) electrons. The van der Waals surface area contributed by atoms with E-state index in [-0.39, 0.29) is 35.8 Å². The van der Waals surface area contributed by atoms with Crippen LogP contribution in [-0.4, -0.2) is 42.7 Å². The highest BCUT2D eigenvalue weighted by atomic mass is 32.2.